The van der Waals surface area contributed by atoms with Crippen LogP contribution in [0.25, 0.3) is 11.0 Å². The number of aryl methyl sites for hydroxylation is 2. The van der Waals surface area contributed by atoms with E-state index in [9.17, 15) is 9.59 Å². The lowest BCUT2D eigenvalue weighted by Crippen LogP contribution is -2.29. The maximum Gasteiger partial charge on any atom is 0.295 e. The van der Waals surface area contributed by atoms with Crippen LogP contribution in [0.2, 0.25) is 0 Å². The molecule has 0 saturated heterocycles. The minimum atomic E-state index is -0.605. The van der Waals surface area contributed by atoms with Crippen LogP contribution < -0.4 is 15.1 Å². The summed E-state index contributed by atoms with van der Waals surface area (Å²) in [5.74, 6) is 0.521. The van der Waals surface area contributed by atoms with Crippen LogP contribution >= 0.6 is 15.9 Å². The van der Waals surface area contributed by atoms with E-state index in [-0.39, 0.29) is 17.1 Å². The number of amides is 1. The Morgan fingerprint density at radius 2 is 1.65 bits per heavy atom. The van der Waals surface area contributed by atoms with E-state index in [4.69, 9.17) is 9.15 Å². The molecular formula is C28H24BrNO4. The second-order valence-corrected chi connectivity index (χ2v) is 9.49. The van der Waals surface area contributed by atoms with Gasteiger partial charge in [-0.15, -0.1) is 0 Å². The number of fused-ring (bicyclic) bond motifs is 2. The summed E-state index contributed by atoms with van der Waals surface area (Å²) < 4.78 is 12.7. The molecule has 2 heterocycles. The van der Waals surface area contributed by atoms with Crippen molar-refractivity contribution in [1.29, 1.82) is 0 Å². The van der Waals surface area contributed by atoms with Gasteiger partial charge in [-0.2, -0.15) is 0 Å². The van der Waals surface area contributed by atoms with Gasteiger partial charge in [0.15, 0.2) is 5.43 Å². The van der Waals surface area contributed by atoms with Crippen LogP contribution in [0.4, 0.5) is 5.69 Å². The Kier molecular flexibility index (Phi) is 5.78. The molecule has 5 rings (SSSR count). The summed E-state index contributed by atoms with van der Waals surface area (Å²) in [6, 6.07) is 18.1. The summed E-state index contributed by atoms with van der Waals surface area (Å²) in [5.41, 5.74) is 4.13. The zero-order valence-electron chi connectivity index (χ0n) is 19.2. The minimum absolute atomic E-state index is 0.0972. The lowest BCUT2D eigenvalue weighted by Gasteiger charge is -2.25. The molecule has 3 aromatic carbocycles. The molecule has 34 heavy (non-hydrogen) atoms. The number of anilines is 1. The van der Waals surface area contributed by atoms with Crippen molar-refractivity contribution in [2.75, 3.05) is 11.5 Å². The van der Waals surface area contributed by atoms with Gasteiger partial charge in [0.2, 0.25) is 5.76 Å². The normalized spacial score (nSPS) is 15.1. The SMILES string of the molecule is CCCOc1ccc(C2c3c(oc4cc(C)c(C)cc4c3=O)C(=O)N2c2ccc(Br)cc2)cc1. The Hall–Kier alpha value is -3.38. The molecule has 0 spiro atoms. The Morgan fingerprint density at radius 1 is 0.971 bits per heavy atom. The van der Waals surface area contributed by atoms with E-state index < -0.39 is 6.04 Å². The van der Waals surface area contributed by atoms with Gasteiger partial charge < -0.3 is 9.15 Å². The van der Waals surface area contributed by atoms with Gasteiger partial charge in [-0.1, -0.05) is 35.0 Å². The first-order valence-electron chi connectivity index (χ1n) is 11.3. The van der Waals surface area contributed by atoms with Gasteiger partial charge in [0, 0.05) is 10.2 Å². The second-order valence-electron chi connectivity index (χ2n) is 8.58. The van der Waals surface area contributed by atoms with Crippen molar-refractivity contribution in [2.24, 2.45) is 0 Å². The average molecular weight is 518 g/mol. The molecule has 0 aliphatic carbocycles. The predicted molar refractivity (Wildman–Crippen MR) is 137 cm³/mol. The predicted octanol–water partition coefficient (Wildman–Crippen LogP) is 6.71. The summed E-state index contributed by atoms with van der Waals surface area (Å²) >= 11 is 3.45. The molecule has 4 aromatic rings. The van der Waals surface area contributed by atoms with Gasteiger partial charge in [-0.3, -0.25) is 14.5 Å². The van der Waals surface area contributed by atoms with Crippen LogP contribution in [0.5, 0.6) is 5.75 Å². The van der Waals surface area contributed by atoms with Crippen LogP contribution in [-0.4, -0.2) is 12.5 Å². The molecule has 0 fully saturated rings. The van der Waals surface area contributed by atoms with E-state index in [1.807, 2.05) is 74.5 Å². The van der Waals surface area contributed by atoms with Crippen LogP contribution in [0.1, 0.15) is 52.2 Å². The number of ether oxygens (including phenoxy) is 1. The van der Waals surface area contributed by atoms with Gasteiger partial charge in [0.05, 0.1) is 23.6 Å². The first kappa shape index (κ1) is 22.4. The maximum absolute atomic E-state index is 13.8. The molecule has 1 amide bonds. The highest BCUT2D eigenvalue weighted by Crippen LogP contribution is 2.42. The van der Waals surface area contributed by atoms with E-state index in [0.29, 0.717) is 28.8 Å². The van der Waals surface area contributed by atoms with Gasteiger partial charge in [0.1, 0.15) is 11.3 Å². The van der Waals surface area contributed by atoms with Gasteiger partial charge in [-0.05, 0) is 85.5 Å². The minimum Gasteiger partial charge on any atom is -0.494 e. The Morgan fingerprint density at radius 3 is 2.32 bits per heavy atom. The fourth-order valence-corrected chi connectivity index (χ4v) is 4.64. The average Bonchev–Trinajstić information content (AvgIpc) is 3.12. The molecule has 0 N–H and O–H groups in total. The molecule has 0 radical (unpaired) electrons. The number of halogens is 1. The molecule has 172 valence electrons. The van der Waals surface area contributed by atoms with Crippen molar-refractivity contribution in [2.45, 2.75) is 33.2 Å². The first-order valence-corrected chi connectivity index (χ1v) is 12.1. The molecule has 5 nitrogen and oxygen atoms in total. The van der Waals surface area contributed by atoms with E-state index >= 15 is 0 Å². The van der Waals surface area contributed by atoms with Gasteiger partial charge in [0.25, 0.3) is 5.91 Å². The number of nitrogens with zero attached hydrogens (tertiary/aromatic N) is 1. The number of hydrogen-bond acceptors (Lipinski definition) is 4. The molecule has 1 unspecified atom stereocenters. The monoisotopic (exact) mass is 517 g/mol. The van der Waals surface area contributed by atoms with Gasteiger partial charge >= 0.3 is 0 Å². The highest BCUT2D eigenvalue weighted by Gasteiger charge is 2.43. The molecular weight excluding hydrogens is 494 g/mol. The fourth-order valence-electron chi connectivity index (χ4n) is 4.38. The van der Waals surface area contributed by atoms with Gasteiger partial charge in [-0.25, -0.2) is 0 Å². The van der Waals surface area contributed by atoms with E-state index in [1.54, 1.807) is 4.90 Å². The second kappa shape index (κ2) is 8.76. The highest BCUT2D eigenvalue weighted by atomic mass is 79.9. The molecule has 1 aliphatic heterocycles. The van der Waals surface area contributed by atoms with Crippen LogP contribution in [0, 0.1) is 13.8 Å². The summed E-state index contributed by atoms with van der Waals surface area (Å²) in [4.78, 5) is 29.1. The third-order valence-electron chi connectivity index (χ3n) is 6.26. The van der Waals surface area contributed by atoms with Crippen molar-refractivity contribution < 1.29 is 13.9 Å². The summed E-state index contributed by atoms with van der Waals surface area (Å²) in [6.07, 6.45) is 0.913. The van der Waals surface area contributed by atoms with Crippen LogP contribution in [0.15, 0.2) is 74.3 Å². The smallest absolute Gasteiger partial charge is 0.295 e. The quantitative estimate of drug-likeness (QED) is 0.295. The number of rotatable bonds is 5. The third-order valence-corrected chi connectivity index (χ3v) is 6.79. The van der Waals surface area contributed by atoms with Crippen molar-refractivity contribution in [3.8, 4) is 5.75 Å². The Labute approximate surface area is 206 Å². The van der Waals surface area contributed by atoms with Crippen molar-refractivity contribution >= 4 is 38.5 Å². The highest BCUT2D eigenvalue weighted by molar-refractivity contribution is 9.10. The lowest BCUT2D eigenvalue weighted by atomic mass is 9.97. The molecule has 0 saturated carbocycles. The summed E-state index contributed by atoms with van der Waals surface area (Å²) in [7, 11) is 0. The number of carbonyl (C=O) groups excluding carboxylic acids is 1. The van der Waals surface area contributed by atoms with Crippen molar-refractivity contribution in [3.05, 3.63) is 103 Å². The number of hydrogen-bond donors (Lipinski definition) is 0. The largest absolute Gasteiger partial charge is 0.494 e. The molecule has 0 bridgehead atoms. The van der Waals surface area contributed by atoms with Crippen molar-refractivity contribution in [3.63, 3.8) is 0 Å². The van der Waals surface area contributed by atoms with Crippen LogP contribution in [0.3, 0.4) is 0 Å². The number of benzene rings is 3. The standard InChI is InChI=1S/C28H24BrNO4/c1-4-13-33-21-11-5-18(6-12-21)25-24-26(31)22-14-16(2)17(3)15-23(22)34-27(24)28(32)30(25)20-9-7-19(29)8-10-20/h5-12,14-15,25H,4,13H2,1-3H3. The number of carbonyl (C=O) groups is 1. The fraction of sp³-hybridized carbons (Fsp3) is 0.214. The Balaban J connectivity index is 1.73. The topological polar surface area (TPSA) is 59.8 Å². The Bertz CT molecular complexity index is 1460. The molecule has 1 aromatic heterocycles. The van der Waals surface area contributed by atoms with Crippen molar-refractivity contribution in [1.82, 2.24) is 0 Å². The zero-order chi connectivity index (χ0) is 24.0. The molecule has 1 atom stereocenters. The first-order chi connectivity index (χ1) is 16.4. The summed E-state index contributed by atoms with van der Waals surface area (Å²) in [6.45, 7) is 6.61. The van der Waals surface area contributed by atoms with E-state index in [1.165, 1.54) is 0 Å². The zero-order valence-corrected chi connectivity index (χ0v) is 20.8. The third kappa shape index (κ3) is 3.72. The van der Waals surface area contributed by atoms with E-state index in [0.717, 1.165) is 33.3 Å². The van der Waals surface area contributed by atoms with E-state index in [2.05, 4.69) is 22.9 Å². The summed E-state index contributed by atoms with van der Waals surface area (Å²) in [5, 5.41) is 0.486. The maximum atomic E-state index is 13.8. The molecule has 6 heteroatoms. The van der Waals surface area contributed by atoms with Crippen LogP contribution in [-0.2, 0) is 0 Å². The lowest BCUT2D eigenvalue weighted by molar-refractivity contribution is 0.0971. The molecule has 1 aliphatic rings.